The van der Waals surface area contributed by atoms with Gasteiger partial charge in [0.25, 0.3) is 5.91 Å². The number of nitrogens with one attached hydrogen (secondary N) is 1. The molecule has 1 amide bonds. The van der Waals surface area contributed by atoms with E-state index in [2.05, 4.69) is 10.5 Å². The Morgan fingerprint density at radius 1 is 0.933 bits per heavy atom. The summed E-state index contributed by atoms with van der Waals surface area (Å²) in [6.45, 7) is 2.30. The number of benzene rings is 3. The SMILES string of the molecule is COc1ccc(/C=C/C(C)=N\NC(=O)c2ccc(OCc3ccccc3)cc2)cc1. The van der Waals surface area contributed by atoms with Crippen molar-refractivity contribution in [3.05, 3.63) is 102 Å². The average Bonchev–Trinajstić information content (AvgIpc) is 2.81. The molecule has 5 nitrogen and oxygen atoms in total. The van der Waals surface area contributed by atoms with E-state index >= 15 is 0 Å². The third-order valence-electron chi connectivity index (χ3n) is 4.33. The van der Waals surface area contributed by atoms with Crippen LogP contribution in [0.1, 0.15) is 28.4 Å². The molecule has 0 bridgehead atoms. The Morgan fingerprint density at radius 3 is 2.27 bits per heavy atom. The van der Waals surface area contributed by atoms with Gasteiger partial charge in [0.1, 0.15) is 18.1 Å². The Morgan fingerprint density at radius 2 is 1.60 bits per heavy atom. The number of hydrazone groups is 1. The second-order valence-electron chi connectivity index (χ2n) is 6.60. The fraction of sp³-hybridized carbons (Fsp3) is 0.120. The van der Waals surface area contributed by atoms with Crippen molar-refractivity contribution in [3.8, 4) is 11.5 Å². The number of rotatable bonds is 8. The Labute approximate surface area is 176 Å². The van der Waals surface area contributed by atoms with E-state index < -0.39 is 0 Å². The molecular weight excluding hydrogens is 376 g/mol. The monoisotopic (exact) mass is 400 g/mol. The van der Waals surface area contributed by atoms with E-state index in [1.165, 1.54) is 0 Å². The van der Waals surface area contributed by atoms with Crippen molar-refractivity contribution >= 4 is 17.7 Å². The zero-order chi connectivity index (χ0) is 21.2. The summed E-state index contributed by atoms with van der Waals surface area (Å²) in [6, 6.07) is 24.6. The molecule has 0 saturated heterocycles. The van der Waals surface area contributed by atoms with Gasteiger partial charge in [-0.1, -0.05) is 48.5 Å². The lowest BCUT2D eigenvalue weighted by atomic mass is 10.2. The summed E-state index contributed by atoms with van der Waals surface area (Å²) in [5.41, 5.74) is 5.87. The van der Waals surface area contributed by atoms with Crippen LogP contribution < -0.4 is 14.9 Å². The average molecular weight is 400 g/mol. The summed E-state index contributed by atoms with van der Waals surface area (Å²) in [7, 11) is 1.63. The van der Waals surface area contributed by atoms with Gasteiger partial charge in [-0.05, 0) is 60.5 Å². The molecule has 3 rings (SSSR count). The molecule has 0 aromatic heterocycles. The summed E-state index contributed by atoms with van der Waals surface area (Å²) in [4.78, 5) is 12.3. The first kappa shape index (κ1) is 20.9. The molecule has 3 aromatic rings. The maximum absolute atomic E-state index is 12.3. The number of carbonyl (C=O) groups excluding carboxylic acids is 1. The second-order valence-corrected chi connectivity index (χ2v) is 6.60. The van der Waals surface area contributed by atoms with Crippen molar-refractivity contribution in [2.75, 3.05) is 7.11 Å². The van der Waals surface area contributed by atoms with Crippen LogP contribution in [0.3, 0.4) is 0 Å². The number of hydrogen-bond donors (Lipinski definition) is 1. The van der Waals surface area contributed by atoms with Crippen LogP contribution in [0.15, 0.2) is 90.0 Å². The number of nitrogens with zero attached hydrogens (tertiary/aromatic N) is 1. The van der Waals surface area contributed by atoms with Gasteiger partial charge in [0.2, 0.25) is 0 Å². The number of ether oxygens (including phenoxy) is 2. The minimum Gasteiger partial charge on any atom is -0.497 e. The highest BCUT2D eigenvalue weighted by atomic mass is 16.5. The summed E-state index contributed by atoms with van der Waals surface area (Å²) >= 11 is 0. The lowest BCUT2D eigenvalue weighted by Gasteiger charge is -2.07. The normalized spacial score (nSPS) is 11.3. The topological polar surface area (TPSA) is 59.9 Å². The van der Waals surface area contributed by atoms with Crippen LogP contribution in [-0.2, 0) is 6.61 Å². The number of carbonyl (C=O) groups is 1. The van der Waals surface area contributed by atoms with Gasteiger partial charge >= 0.3 is 0 Å². The highest BCUT2D eigenvalue weighted by molar-refractivity contribution is 5.99. The lowest BCUT2D eigenvalue weighted by molar-refractivity contribution is 0.0955. The standard InChI is InChI=1S/C25H24N2O3/c1-19(8-9-20-10-14-23(29-2)15-11-20)26-27-25(28)22-12-16-24(17-13-22)30-18-21-6-4-3-5-7-21/h3-17H,18H2,1-2H3,(H,27,28)/b9-8+,26-19-. The second kappa shape index (κ2) is 10.6. The van der Waals surface area contributed by atoms with E-state index in [0.717, 1.165) is 16.9 Å². The molecule has 0 aliphatic carbocycles. The maximum Gasteiger partial charge on any atom is 0.271 e. The molecule has 152 valence electrons. The molecule has 0 saturated carbocycles. The summed E-state index contributed by atoms with van der Waals surface area (Å²) in [6.07, 6.45) is 3.76. The molecule has 0 radical (unpaired) electrons. The first-order chi connectivity index (χ1) is 14.6. The molecular formula is C25H24N2O3. The van der Waals surface area contributed by atoms with Crippen molar-refractivity contribution in [3.63, 3.8) is 0 Å². The van der Waals surface area contributed by atoms with E-state index in [9.17, 15) is 4.79 Å². The molecule has 0 fully saturated rings. The number of methoxy groups -OCH3 is 1. The van der Waals surface area contributed by atoms with Crippen LogP contribution in [0.4, 0.5) is 0 Å². The van der Waals surface area contributed by atoms with Crippen molar-refractivity contribution in [1.29, 1.82) is 0 Å². The zero-order valence-corrected chi connectivity index (χ0v) is 17.0. The first-order valence-electron chi connectivity index (χ1n) is 9.57. The van der Waals surface area contributed by atoms with Crippen LogP contribution in [0.2, 0.25) is 0 Å². The molecule has 30 heavy (non-hydrogen) atoms. The third-order valence-corrected chi connectivity index (χ3v) is 4.33. The molecule has 0 unspecified atom stereocenters. The van der Waals surface area contributed by atoms with Crippen molar-refractivity contribution in [1.82, 2.24) is 5.43 Å². The van der Waals surface area contributed by atoms with Crippen molar-refractivity contribution in [2.24, 2.45) is 5.10 Å². The van der Waals surface area contributed by atoms with E-state index in [4.69, 9.17) is 9.47 Å². The minimum absolute atomic E-state index is 0.276. The quantitative estimate of drug-likeness (QED) is 0.423. The molecule has 0 spiro atoms. The first-order valence-corrected chi connectivity index (χ1v) is 9.57. The van der Waals surface area contributed by atoms with Crippen LogP contribution in [0.5, 0.6) is 11.5 Å². The minimum atomic E-state index is -0.276. The van der Waals surface area contributed by atoms with Crippen LogP contribution in [0.25, 0.3) is 6.08 Å². The Kier molecular flexibility index (Phi) is 7.39. The van der Waals surface area contributed by atoms with Gasteiger partial charge in [-0.25, -0.2) is 5.43 Å². The molecule has 0 heterocycles. The molecule has 3 aromatic carbocycles. The van der Waals surface area contributed by atoms with Crippen molar-refractivity contribution in [2.45, 2.75) is 13.5 Å². The molecule has 1 N–H and O–H groups in total. The Bertz CT molecular complexity index is 1010. The predicted molar refractivity (Wildman–Crippen MR) is 120 cm³/mol. The van der Waals surface area contributed by atoms with Gasteiger partial charge in [-0.3, -0.25) is 4.79 Å². The molecule has 0 aliphatic rings. The van der Waals surface area contributed by atoms with Gasteiger partial charge in [0.05, 0.1) is 12.8 Å². The fourth-order valence-corrected chi connectivity index (χ4v) is 2.62. The third kappa shape index (κ3) is 6.34. The van der Waals surface area contributed by atoms with Crippen LogP contribution in [0, 0.1) is 0 Å². The highest BCUT2D eigenvalue weighted by Gasteiger charge is 2.05. The molecule has 0 atom stereocenters. The molecule has 5 heteroatoms. The number of allylic oxidation sites excluding steroid dienone is 1. The van der Waals surface area contributed by atoms with E-state index in [0.29, 0.717) is 23.6 Å². The van der Waals surface area contributed by atoms with Gasteiger partial charge in [0, 0.05) is 5.56 Å². The highest BCUT2D eigenvalue weighted by Crippen LogP contribution is 2.15. The predicted octanol–water partition coefficient (Wildman–Crippen LogP) is 5.09. The summed E-state index contributed by atoms with van der Waals surface area (Å²) in [5, 5.41) is 4.12. The molecule has 0 aliphatic heterocycles. The van der Waals surface area contributed by atoms with Gasteiger partial charge in [-0.2, -0.15) is 5.10 Å². The van der Waals surface area contributed by atoms with E-state index in [-0.39, 0.29) is 5.91 Å². The van der Waals surface area contributed by atoms with Gasteiger partial charge in [-0.15, -0.1) is 0 Å². The number of amides is 1. The van der Waals surface area contributed by atoms with Crippen molar-refractivity contribution < 1.29 is 14.3 Å². The Balaban J connectivity index is 1.51. The summed E-state index contributed by atoms with van der Waals surface area (Å²) in [5.74, 6) is 1.24. The smallest absolute Gasteiger partial charge is 0.271 e. The fourth-order valence-electron chi connectivity index (χ4n) is 2.62. The largest absolute Gasteiger partial charge is 0.497 e. The van der Waals surface area contributed by atoms with E-state index in [1.54, 1.807) is 31.4 Å². The van der Waals surface area contributed by atoms with Crippen LogP contribution in [-0.4, -0.2) is 18.7 Å². The van der Waals surface area contributed by atoms with Crippen LogP contribution >= 0.6 is 0 Å². The Hall–Kier alpha value is -3.86. The maximum atomic E-state index is 12.3. The van der Waals surface area contributed by atoms with Gasteiger partial charge < -0.3 is 9.47 Å². The summed E-state index contributed by atoms with van der Waals surface area (Å²) < 4.78 is 10.9. The van der Waals surface area contributed by atoms with E-state index in [1.807, 2.05) is 73.7 Å². The zero-order valence-electron chi connectivity index (χ0n) is 17.0. The number of hydrogen-bond acceptors (Lipinski definition) is 4. The van der Waals surface area contributed by atoms with Gasteiger partial charge in [0.15, 0.2) is 0 Å². The lowest BCUT2D eigenvalue weighted by Crippen LogP contribution is -2.18.